The number of anilines is 2. The third-order valence-corrected chi connectivity index (χ3v) is 6.81. The van der Waals surface area contributed by atoms with Crippen molar-refractivity contribution in [1.29, 1.82) is 0 Å². The fourth-order valence-corrected chi connectivity index (χ4v) is 4.59. The normalized spacial score (nSPS) is 14.0. The molecule has 1 aliphatic heterocycles. The molecule has 5 rings (SSSR count). The molecule has 0 saturated heterocycles. The van der Waals surface area contributed by atoms with E-state index in [1.807, 2.05) is 0 Å². The van der Waals surface area contributed by atoms with Crippen LogP contribution < -0.4 is 15.1 Å². The second-order valence-corrected chi connectivity index (χ2v) is 9.88. The summed E-state index contributed by atoms with van der Waals surface area (Å²) in [7, 11) is 1.50. The SMILES string of the molecule is CCOC(=O)c1cccc(N2N=C(C(F)(F)F)/C(=C/c3ccc(-c4ccc(Cl)c(C(=O)Nc5cccc(OC)c5)c4)o3)C2=O)c1. The topological polar surface area (TPSA) is 110 Å². The van der Waals surface area contributed by atoms with Crippen LogP contribution in [0.1, 0.15) is 33.4 Å². The number of benzene rings is 3. The van der Waals surface area contributed by atoms with Gasteiger partial charge in [-0.2, -0.15) is 23.3 Å². The number of halogens is 4. The van der Waals surface area contributed by atoms with Crippen molar-refractivity contribution in [2.75, 3.05) is 24.0 Å². The summed E-state index contributed by atoms with van der Waals surface area (Å²) in [6, 6.07) is 19.4. The van der Waals surface area contributed by atoms with Crippen LogP contribution in [-0.4, -0.2) is 43.4 Å². The van der Waals surface area contributed by atoms with Crippen LogP contribution in [0.5, 0.6) is 5.75 Å². The number of hydrogen-bond acceptors (Lipinski definition) is 7. The molecule has 45 heavy (non-hydrogen) atoms. The lowest BCUT2D eigenvalue weighted by Gasteiger charge is -2.12. The van der Waals surface area contributed by atoms with E-state index < -0.39 is 35.2 Å². The molecule has 230 valence electrons. The Morgan fingerprint density at radius 1 is 1.04 bits per heavy atom. The van der Waals surface area contributed by atoms with Gasteiger partial charge in [0.25, 0.3) is 11.8 Å². The van der Waals surface area contributed by atoms with Crippen molar-refractivity contribution in [2.24, 2.45) is 5.10 Å². The molecule has 9 nitrogen and oxygen atoms in total. The summed E-state index contributed by atoms with van der Waals surface area (Å²) < 4.78 is 57.9. The highest BCUT2D eigenvalue weighted by Crippen LogP contribution is 2.34. The Balaban J connectivity index is 1.42. The van der Waals surface area contributed by atoms with E-state index in [9.17, 15) is 27.6 Å². The lowest BCUT2D eigenvalue weighted by molar-refractivity contribution is -0.114. The van der Waals surface area contributed by atoms with Gasteiger partial charge in [0.15, 0.2) is 5.71 Å². The van der Waals surface area contributed by atoms with Crippen molar-refractivity contribution in [3.8, 4) is 17.1 Å². The quantitative estimate of drug-likeness (QED) is 0.159. The standard InChI is InChI=1S/C32H23ClF3N3O6/c1-3-44-31(42)19-6-4-8-21(14-19)39-30(41)25(28(38-39)32(34,35)36)17-23-11-13-27(45-23)18-10-12-26(33)24(15-18)29(40)37-20-7-5-9-22(16-20)43-2/h4-17H,3H2,1-2H3,(H,37,40)/b25-17-. The molecule has 0 unspecified atom stereocenters. The van der Waals surface area contributed by atoms with E-state index in [1.165, 1.54) is 55.6 Å². The number of ether oxygens (including phenoxy) is 2. The van der Waals surface area contributed by atoms with Crippen LogP contribution in [0.25, 0.3) is 17.4 Å². The van der Waals surface area contributed by atoms with Crippen LogP contribution in [0.2, 0.25) is 5.02 Å². The van der Waals surface area contributed by atoms with Gasteiger partial charge in [-0.1, -0.05) is 23.7 Å². The second kappa shape index (κ2) is 12.7. The summed E-state index contributed by atoms with van der Waals surface area (Å²) >= 11 is 6.29. The molecule has 13 heteroatoms. The minimum absolute atomic E-state index is 0.0403. The number of rotatable bonds is 8. The molecular formula is C32H23ClF3N3O6. The van der Waals surface area contributed by atoms with Gasteiger partial charge in [0.1, 0.15) is 17.3 Å². The van der Waals surface area contributed by atoms with Crippen LogP contribution in [0, 0.1) is 0 Å². The number of carbonyl (C=O) groups excluding carboxylic acids is 3. The summed E-state index contributed by atoms with van der Waals surface area (Å²) in [5, 5.41) is 6.98. The number of hydrazone groups is 1. The van der Waals surface area contributed by atoms with Gasteiger partial charge < -0.3 is 19.2 Å². The first kappa shape index (κ1) is 31.1. The molecule has 1 N–H and O–H groups in total. The molecule has 2 heterocycles. The average Bonchev–Trinajstić information content (AvgIpc) is 3.62. The van der Waals surface area contributed by atoms with E-state index in [4.69, 9.17) is 25.5 Å². The maximum atomic E-state index is 14.0. The van der Waals surface area contributed by atoms with Gasteiger partial charge in [-0.05, 0) is 73.7 Å². The van der Waals surface area contributed by atoms with E-state index in [0.29, 0.717) is 22.0 Å². The van der Waals surface area contributed by atoms with Gasteiger partial charge in [-0.25, -0.2) is 4.79 Å². The summed E-state index contributed by atoms with van der Waals surface area (Å²) in [6.07, 6.45) is -4.05. The smallest absolute Gasteiger partial charge is 0.435 e. The molecule has 1 aromatic heterocycles. The molecule has 2 amide bonds. The van der Waals surface area contributed by atoms with E-state index in [-0.39, 0.29) is 40.0 Å². The second-order valence-electron chi connectivity index (χ2n) is 9.47. The first-order valence-electron chi connectivity index (χ1n) is 13.3. The van der Waals surface area contributed by atoms with Crippen LogP contribution in [0.4, 0.5) is 24.5 Å². The highest BCUT2D eigenvalue weighted by atomic mass is 35.5. The van der Waals surface area contributed by atoms with Crippen molar-refractivity contribution in [3.63, 3.8) is 0 Å². The molecule has 0 saturated carbocycles. The lowest BCUT2D eigenvalue weighted by atomic mass is 10.1. The highest BCUT2D eigenvalue weighted by Gasteiger charge is 2.47. The van der Waals surface area contributed by atoms with Crippen molar-refractivity contribution < 1.29 is 41.4 Å². The van der Waals surface area contributed by atoms with Crippen LogP contribution in [0.3, 0.4) is 0 Å². The molecule has 0 fully saturated rings. The fraction of sp³-hybridized carbons (Fsp3) is 0.125. The first-order valence-corrected chi connectivity index (χ1v) is 13.7. The van der Waals surface area contributed by atoms with E-state index in [1.54, 1.807) is 37.3 Å². The maximum Gasteiger partial charge on any atom is 0.435 e. The van der Waals surface area contributed by atoms with Gasteiger partial charge in [-0.3, -0.25) is 9.59 Å². The molecule has 0 bridgehead atoms. The monoisotopic (exact) mass is 637 g/mol. The Morgan fingerprint density at radius 3 is 2.56 bits per heavy atom. The van der Waals surface area contributed by atoms with Crippen LogP contribution >= 0.6 is 11.6 Å². The van der Waals surface area contributed by atoms with Crippen molar-refractivity contribution >= 4 is 52.5 Å². The van der Waals surface area contributed by atoms with Crippen molar-refractivity contribution in [3.05, 3.63) is 106 Å². The van der Waals surface area contributed by atoms with Gasteiger partial charge >= 0.3 is 12.1 Å². The summed E-state index contributed by atoms with van der Waals surface area (Å²) in [6.45, 7) is 1.70. The number of nitrogens with one attached hydrogen (secondary N) is 1. The Morgan fingerprint density at radius 2 is 1.82 bits per heavy atom. The number of amides is 2. The fourth-order valence-electron chi connectivity index (χ4n) is 4.39. The molecule has 1 aliphatic rings. The third-order valence-electron chi connectivity index (χ3n) is 6.48. The Hall–Kier alpha value is -5.36. The zero-order chi connectivity index (χ0) is 32.3. The van der Waals surface area contributed by atoms with Gasteiger partial charge in [-0.15, -0.1) is 0 Å². The minimum Gasteiger partial charge on any atom is -0.497 e. The molecule has 0 atom stereocenters. The Kier molecular flexibility index (Phi) is 8.77. The molecule has 0 spiro atoms. The predicted molar refractivity (Wildman–Crippen MR) is 161 cm³/mol. The van der Waals surface area contributed by atoms with Gasteiger partial charge in [0.05, 0.1) is 41.1 Å². The zero-order valence-electron chi connectivity index (χ0n) is 23.6. The summed E-state index contributed by atoms with van der Waals surface area (Å²) in [5.41, 5.74) is -1.23. The first-order chi connectivity index (χ1) is 21.5. The number of hydrogen-bond donors (Lipinski definition) is 1. The Bertz CT molecular complexity index is 1860. The number of carbonyl (C=O) groups is 3. The zero-order valence-corrected chi connectivity index (χ0v) is 24.4. The summed E-state index contributed by atoms with van der Waals surface area (Å²) in [5.74, 6) is -1.64. The Labute approximate surface area is 259 Å². The third kappa shape index (κ3) is 6.75. The number of furan rings is 1. The van der Waals surface area contributed by atoms with Crippen LogP contribution in [0.15, 0.2) is 94.0 Å². The molecule has 3 aromatic carbocycles. The predicted octanol–water partition coefficient (Wildman–Crippen LogP) is 7.39. The largest absolute Gasteiger partial charge is 0.497 e. The number of methoxy groups -OCH3 is 1. The molecule has 4 aromatic rings. The van der Waals surface area contributed by atoms with Crippen molar-refractivity contribution in [1.82, 2.24) is 0 Å². The van der Waals surface area contributed by atoms with Crippen LogP contribution in [-0.2, 0) is 9.53 Å². The summed E-state index contributed by atoms with van der Waals surface area (Å²) in [4.78, 5) is 38.3. The van der Waals surface area contributed by atoms with E-state index >= 15 is 0 Å². The molecule has 0 aliphatic carbocycles. The minimum atomic E-state index is -4.98. The van der Waals surface area contributed by atoms with Gasteiger partial charge in [0, 0.05) is 17.3 Å². The maximum absolute atomic E-state index is 14.0. The highest BCUT2D eigenvalue weighted by molar-refractivity contribution is 6.35. The molecule has 0 radical (unpaired) electrons. The number of nitrogens with zero attached hydrogens (tertiary/aromatic N) is 2. The van der Waals surface area contributed by atoms with Crippen molar-refractivity contribution in [2.45, 2.75) is 13.1 Å². The van der Waals surface area contributed by atoms with E-state index in [0.717, 1.165) is 6.08 Å². The average molecular weight is 638 g/mol. The number of esters is 1. The van der Waals surface area contributed by atoms with E-state index in [2.05, 4.69) is 10.4 Å². The molecular weight excluding hydrogens is 615 g/mol. The lowest BCUT2D eigenvalue weighted by Crippen LogP contribution is -2.25. The number of alkyl halides is 3. The van der Waals surface area contributed by atoms with Gasteiger partial charge in [0.2, 0.25) is 0 Å².